The zero-order valence-corrected chi connectivity index (χ0v) is 25.0. The number of rotatable bonds is 10. The van der Waals surface area contributed by atoms with E-state index in [2.05, 4.69) is 58.8 Å². The number of carbonyl (C=O) groups excluding carboxylic acids is 1. The zero-order chi connectivity index (χ0) is 30.1. The van der Waals surface area contributed by atoms with Crippen LogP contribution in [-0.2, 0) is 22.6 Å². The maximum atomic E-state index is 12.5. The highest BCUT2D eigenvalue weighted by molar-refractivity contribution is 7.99. The molecule has 1 aromatic heterocycles. The molecule has 0 aliphatic carbocycles. The van der Waals surface area contributed by atoms with E-state index in [0.29, 0.717) is 12.1 Å². The predicted molar refractivity (Wildman–Crippen MR) is 173 cm³/mol. The number of nitrogens with zero attached hydrogens (tertiary/aromatic N) is 1. The van der Waals surface area contributed by atoms with Crippen molar-refractivity contribution in [3.05, 3.63) is 155 Å². The number of hydrogen-bond acceptors (Lipinski definition) is 6. The van der Waals surface area contributed by atoms with Gasteiger partial charge in [-0.1, -0.05) is 78.9 Å². The second-order valence-corrected chi connectivity index (χ2v) is 11.8. The van der Waals surface area contributed by atoms with Crippen LogP contribution in [0.1, 0.15) is 51.4 Å². The van der Waals surface area contributed by atoms with Gasteiger partial charge in [0.2, 0.25) is 0 Å². The number of aromatic nitrogens is 1. The summed E-state index contributed by atoms with van der Waals surface area (Å²) < 4.78 is 13.2. The lowest BCUT2D eigenvalue weighted by molar-refractivity contribution is -0.245. The molecule has 3 unspecified atom stereocenters. The number of carbonyl (C=O) groups is 1. The first-order chi connectivity index (χ1) is 21.6. The minimum absolute atomic E-state index is 0.0126. The largest absolute Gasteiger partial charge is 0.392 e. The first-order valence-electron chi connectivity index (χ1n) is 14.7. The van der Waals surface area contributed by atoms with Crippen LogP contribution in [0.15, 0.2) is 133 Å². The van der Waals surface area contributed by atoms with Crippen molar-refractivity contribution in [1.29, 1.82) is 0 Å². The number of hydrogen-bond donors (Lipinski definition) is 2. The highest BCUT2D eigenvalue weighted by atomic mass is 32.2. The van der Waals surface area contributed by atoms with Gasteiger partial charge in [-0.05, 0) is 64.2 Å². The number of nitrogens with one attached hydrogen (secondary N) is 1. The van der Waals surface area contributed by atoms with Crippen molar-refractivity contribution in [2.45, 2.75) is 43.0 Å². The van der Waals surface area contributed by atoms with E-state index in [1.165, 1.54) is 4.90 Å². The molecule has 4 aromatic carbocycles. The monoisotopic (exact) mass is 602 g/mol. The molecule has 1 fully saturated rings. The van der Waals surface area contributed by atoms with Crippen molar-refractivity contribution in [3.63, 3.8) is 0 Å². The van der Waals surface area contributed by atoms with E-state index in [1.807, 2.05) is 54.6 Å². The van der Waals surface area contributed by atoms with Crippen molar-refractivity contribution in [1.82, 2.24) is 10.3 Å². The molecule has 2 N–H and O–H groups in total. The molecule has 6 rings (SSSR count). The third-order valence-electron chi connectivity index (χ3n) is 7.59. The molecule has 7 heteroatoms. The Kier molecular flexibility index (Phi) is 9.79. The first-order valence-corrected chi connectivity index (χ1v) is 15.7. The van der Waals surface area contributed by atoms with Crippen molar-refractivity contribution >= 4 is 17.7 Å². The summed E-state index contributed by atoms with van der Waals surface area (Å²) in [5, 5.41) is 12.5. The summed E-state index contributed by atoms with van der Waals surface area (Å²) >= 11 is 1.79. The van der Waals surface area contributed by atoms with E-state index >= 15 is 0 Å². The quantitative estimate of drug-likeness (QED) is 0.161. The third kappa shape index (κ3) is 7.62. The Morgan fingerprint density at radius 3 is 2.39 bits per heavy atom. The van der Waals surface area contributed by atoms with Crippen LogP contribution in [0, 0.1) is 0 Å². The number of thioether (sulfide) groups is 1. The van der Waals surface area contributed by atoms with Gasteiger partial charge < -0.3 is 19.9 Å². The maximum absolute atomic E-state index is 12.5. The van der Waals surface area contributed by atoms with Crippen molar-refractivity contribution in [2.24, 2.45) is 0 Å². The molecule has 0 spiro atoms. The molecule has 5 aromatic rings. The molecule has 6 nitrogen and oxygen atoms in total. The van der Waals surface area contributed by atoms with E-state index < -0.39 is 6.29 Å². The molecule has 0 bridgehead atoms. The number of aliphatic hydroxyl groups excluding tert-OH is 1. The fourth-order valence-electron chi connectivity index (χ4n) is 5.24. The molecule has 3 atom stereocenters. The molecule has 222 valence electrons. The summed E-state index contributed by atoms with van der Waals surface area (Å²) in [6, 6.07) is 38.3. The van der Waals surface area contributed by atoms with Crippen molar-refractivity contribution in [3.8, 4) is 11.1 Å². The number of amides is 1. The van der Waals surface area contributed by atoms with Crippen LogP contribution in [0.5, 0.6) is 0 Å². The highest BCUT2D eigenvalue weighted by Gasteiger charge is 2.32. The fraction of sp³-hybridized carbons (Fsp3) is 0.189. The summed E-state index contributed by atoms with van der Waals surface area (Å²) in [6.07, 6.45) is 3.26. The lowest BCUT2D eigenvalue weighted by Gasteiger charge is -2.36. The van der Waals surface area contributed by atoms with Crippen molar-refractivity contribution < 1.29 is 19.4 Å². The second-order valence-electron chi connectivity index (χ2n) is 10.7. The van der Waals surface area contributed by atoms with Gasteiger partial charge in [0, 0.05) is 41.6 Å². The summed E-state index contributed by atoms with van der Waals surface area (Å²) in [5.74, 6) is 0.652. The first kappa shape index (κ1) is 29.8. The van der Waals surface area contributed by atoms with Gasteiger partial charge in [0.25, 0.3) is 5.91 Å². The zero-order valence-electron chi connectivity index (χ0n) is 24.2. The van der Waals surface area contributed by atoms with Crippen LogP contribution >= 0.6 is 11.8 Å². The van der Waals surface area contributed by atoms with E-state index in [9.17, 15) is 9.90 Å². The summed E-state index contributed by atoms with van der Waals surface area (Å²) in [5.41, 5.74) is 6.52. The van der Waals surface area contributed by atoms with Crippen molar-refractivity contribution in [2.75, 3.05) is 5.75 Å². The van der Waals surface area contributed by atoms with E-state index in [0.717, 1.165) is 45.6 Å². The normalized spacial score (nSPS) is 18.1. The Morgan fingerprint density at radius 2 is 1.61 bits per heavy atom. The Morgan fingerprint density at radius 1 is 0.818 bits per heavy atom. The molecule has 0 saturated carbocycles. The lowest BCUT2D eigenvalue weighted by Crippen LogP contribution is -2.31. The lowest BCUT2D eigenvalue weighted by atomic mass is 9.99. The molecular formula is C37H34N2O4S. The van der Waals surface area contributed by atoms with E-state index in [4.69, 9.17) is 9.47 Å². The Bertz CT molecular complexity index is 1660. The van der Waals surface area contributed by atoms with Crippen LogP contribution in [0.25, 0.3) is 11.1 Å². The third-order valence-corrected chi connectivity index (χ3v) is 8.73. The molecule has 1 saturated heterocycles. The van der Waals surface area contributed by atoms with E-state index in [-0.39, 0.29) is 24.7 Å². The average molecular weight is 603 g/mol. The Balaban J connectivity index is 1.20. The molecule has 1 aliphatic rings. The standard InChI is InChI=1S/C37H34N2O4S/c40-24-26-14-16-28(17-15-26)35-21-33(25-44-34-12-2-1-3-13-34)42-37(43-35)31-10-5-9-30(20-31)29-8-4-7-27(19-29)22-39-36(41)32-11-6-18-38-23-32/h1-20,23,33,35,37,40H,21-22,24-25H2,(H,39,41). The van der Waals surface area contributed by atoms with Gasteiger partial charge in [0.1, 0.15) is 0 Å². The van der Waals surface area contributed by atoms with E-state index in [1.54, 1.807) is 36.3 Å². The van der Waals surface area contributed by atoms with Gasteiger partial charge in [-0.25, -0.2) is 0 Å². The van der Waals surface area contributed by atoms with Gasteiger partial charge in [-0.2, -0.15) is 0 Å². The summed E-state index contributed by atoms with van der Waals surface area (Å²) in [6.45, 7) is 0.423. The summed E-state index contributed by atoms with van der Waals surface area (Å²) in [7, 11) is 0. The topological polar surface area (TPSA) is 80.7 Å². The molecule has 44 heavy (non-hydrogen) atoms. The van der Waals surface area contributed by atoms with Crippen LogP contribution in [0.2, 0.25) is 0 Å². The van der Waals surface area contributed by atoms with Crippen LogP contribution in [-0.4, -0.2) is 27.9 Å². The maximum Gasteiger partial charge on any atom is 0.253 e. The smallest absolute Gasteiger partial charge is 0.253 e. The minimum Gasteiger partial charge on any atom is -0.392 e. The molecule has 0 radical (unpaired) electrons. The predicted octanol–water partition coefficient (Wildman–Crippen LogP) is 7.51. The van der Waals surface area contributed by atoms with Crippen LogP contribution in [0.3, 0.4) is 0 Å². The number of benzene rings is 4. The number of ether oxygens (including phenoxy) is 2. The van der Waals surface area contributed by atoms with Gasteiger partial charge >= 0.3 is 0 Å². The van der Waals surface area contributed by atoms with Gasteiger partial charge in [-0.15, -0.1) is 11.8 Å². The van der Waals surface area contributed by atoms with Gasteiger partial charge in [0.05, 0.1) is 24.4 Å². The molecular weight excluding hydrogens is 568 g/mol. The second kappa shape index (κ2) is 14.5. The van der Waals surface area contributed by atoms with Gasteiger partial charge in [-0.3, -0.25) is 9.78 Å². The molecule has 2 heterocycles. The van der Waals surface area contributed by atoms with Gasteiger partial charge in [0.15, 0.2) is 6.29 Å². The Labute approximate surface area is 262 Å². The van der Waals surface area contributed by atoms with Crippen LogP contribution < -0.4 is 5.32 Å². The SMILES string of the molecule is O=C(NCc1cccc(-c2cccc(C3OC(CSc4ccccc4)CC(c4ccc(CO)cc4)O3)c2)c1)c1cccnc1. The highest BCUT2D eigenvalue weighted by Crippen LogP contribution is 2.40. The molecule has 1 amide bonds. The number of aliphatic hydroxyl groups is 1. The summed E-state index contributed by atoms with van der Waals surface area (Å²) in [4.78, 5) is 17.8. The molecule has 1 aliphatic heterocycles. The minimum atomic E-state index is -0.533. The Hall–Kier alpha value is -4.27. The van der Waals surface area contributed by atoms with Crippen LogP contribution in [0.4, 0.5) is 0 Å². The average Bonchev–Trinajstić information content (AvgIpc) is 3.10. The fourth-order valence-corrected chi connectivity index (χ4v) is 6.18. The number of pyridine rings is 1.